The number of carbonyl (C=O) groups excluding carboxylic acids is 3. The molecule has 0 spiro atoms. The van der Waals surface area contributed by atoms with Crippen molar-refractivity contribution in [2.45, 2.75) is 26.7 Å². The molecule has 1 aromatic carbocycles. The summed E-state index contributed by atoms with van der Waals surface area (Å²) in [6.07, 6.45) is 1.17. The average Bonchev–Trinajstić information content (AvgIpc) is 3.02. The first-order chi connectivity index (χ1) is 14.8. The van der Waals surface area contributed by atoms with Gasteiger partial charge >= 0.3 is 5.97 Å². The molecule has 10 heteroatoms. The smallest absolute Gasteiger partial charge is 0.341 e. The highest BCUT2D eigenvalue weighted by molar-refractivity contribution is 7.18. The van der Waals surface area contributed by atoms with E-state index in [0.29, 0.717) is 30.5 Å². The largest absolute Gasteiger partial charge is 0.462 e. The van der Waals surface area contributed by atoms with Crippen molar-refractivity contribution in [3.63, 3.8) is 0 Å². The molecule has 0 unspecified atom stereocenters. The van der Waals surface area contributed by atoms with Gasteiger partial charge in [0, 0.05) is 19.7 Å². The lowest BCUT2D eigenvalue weighted by Crippen LogP contribution is -2.37. The van der Waals surface area contributed by atoms with Crippen LogP contribution in [0.15, 0.2) is 12.1 Å². The molecule has 1 aliphatic heterocycles. The van der Waals surface area contributed by atoms with Crippen LogP contribution in [0.2, 0.25) is 0 Å². The molecule has 7 nitrogen and oxygen atoms in total. The van der Waals surface area contributed by atoms with Crippen molar-refractivity contribution >= 4 is 39.8 Å². The fraction of sp³-hybridized carbons (Fsp3) is 0.381. The fourth-order valence-corrected chi connectivity index (χ4v) is 4.77. The number of halogens is 2. The van der Waals surface area contributed by atoms with Gasteiger partial charge in [-0.1, -0.05) is 0 Å². The third-order valence-electron chi connectivity index (χ3n) is 4.94. The lowest BCUT2D eigenvalue weighted by atomic mass is 10.0. The number of amides is 2. The number of anilines is 2. The lowest BCUT2D eigenvalue weighted by molar-refractivity contribution is -0.115. The zero-order chi connectivity index (χ0) is 22.7. The summed E-state index contributed by atoms with van der Waals surface area (Å²) in [7, 11) is 1.47. The van der Waals surface area contributed by atoms with Crippen LogP contribution >= 0.6 is 11.3 Å². The molecule has 31 heavy (non-hydrogen) atoms. The maximum atomic E-state index is 14.4. The first-order valence-electron chi connectivity index (χ1n) is 9.82. The van der Waals surface area contributed by atoms with Crippen LogP contribution in [-0.4, -0.2) is 44.5 Å². The number of fused-ring (bicyclic) bond motifs is 1. The summed E-state index contributed by atoms with van der Waals surface area (Å²) in [5, 5.41) is 5.35. The molecule has 1 aromatic heterocycles. The van der Waals surface area contributed by atoms with Gasteiger partial charge in [-0.25, -0.2) is 13.6 Å². The maximum absolute atomic E-state index is 14.4. The Balaban J connectivity index is 1.86. The third-order valence-corrected chi connectivity index (χ3v) is 6.15. The number of thiophene rings is 1. The summed E-state index contributed by atoms with van der Waals surface area (Å²) >= 11 is 0.967. The monoisotopic (exact) mass is 451 g/mol. The first-order valence-corrected chi connectivity index (χ1v) is 10.6. The number of aryl methyl sites for hydroxylation is 1. The number of nitrogens with one attached hydrogen (secondary N) is 2. The summed E-state index contributed by atoms with van der Waals surface area (Å²) in [5.74, 6) is -2.90. The molecule has 2 N–H and O–H groups in total. The summed E-state index contributed by atoms with van der Waals surface area (Å²) in [6, 6.07) is 2.08. The van der Waals surface area contributed by atoms with Crippen molar-refractivity contribution in [2.24, 2.45) is 0 Å². The van der Waals surface area contributed by atoms with Crippen molar-refractivity contribution in [1.29, 1.82) is 0 Å². The van der Waals surface area contributed by atoms with Crippen molar-refractivity contribution in [2.75, 3.05) is 37.0 Å². The molecule has 2 aromatic rings. The SMILES string of the molecule is CCOC(=O)c1c(NC(=O)CN2CCCc3cc(F)cc(F)c32)sc(C(=O)NC)c1C. The van der Waals surface area contributed by atoms with E-state index in [-0.39, 0.29) is 40.2 Å². The van der Waals surface area contributed by atoms with E-state index in [2.05, 4.69) is 10.6 Å². The molecule has 166 valence electrons. The molecule has 0 aliphatic carbocycles. The Morgan fingerprint density at radius 2 is 2.00 bits per heavy atom. The second-order valence-electron chi connectivity index (χ2n) is 7.03. The second-order valence-corrected chi connectivity index (χ2v) is 8.05. The van der Waals surface area contributed by atoms with Gasteiger partial charge in [0.25, 0.3) is 5.91 Å². The standard InChI is InChI=1S/C21H23F2N3O4S/c1-4-30-21(29)16-11(2)18(19(28)24-3)31-20(16)25-15(27)10-26-7-5-6-12-8-13(22)9-14(23)17(12)26/h8-9H,4-7,10H2,1-3H3,(H,24,28)(H,25,27). The van der Waals surface area contributed by atoms with E-state index in [1.165, 1.54) is 13.1 Å². The molecule has 0 fully saturated rings. The molecule has 0 saturated carbocycles. The Bertz CT molecular complexity index is 1040. The van der Waals surface area contributed by atoms with Crippen LogP contribution in [0.3, 0.4) is 0 Å². The third kappa shape index (κ3) is 4.68. The minimum absolute atomic E-state index is 0.117. The maximum Gasteiger partial charge on any atom is 0.341 e. The summed E-state index contributed by atoms with van der Waals surface area (Å²) < 4.78 is 33.0. The summed E-state index contributed by atoms with van der Waals surface area (Å²) in [5.41, 5.74) is 1.24. The molecule has 2 amide bonds. The molecular weight excluding hydrogens is 428 g/mol. The predicted octanol–water partition coefficient (Wildman–Crippen LogP) is 3.26. The Morgan fingerprint density at radius 1 is 1.26 bits per heavy atom. The first kappa shape index (κ1) is 22.7. The van der Waals surface area contributed by atoms with Gasteiger partial charge in [-0.15, -0.1) is 11.3 Å². The molecule has 0 saturated heterocycles. The molecule has 0 bridgehead atoms. The zero-order valence-electron chi connectivity index (χ0n) is 17.4. The number of carbonyl (C=O) groups is 3. The van der Waals surface area contributed by atoms with E-state index >= 15 is 0 Å². The van der Waals surface area contributed by atoms with E-state index < -0.39 is 23.5 Å². The van der Waals surface area contributed by atoms with Crippen LogP contribution in [-0.2, 0) is 16.0 Å². The normalized spacial score (nSPS) is 12.9. The van der Waals surface area contributed by atoms with E-state index in [0.717, 1.165) is 17.4 Å². The zero-order valence-corrected chi connectivity index (χ0v) is 18.3. The molecule has 2 heterocycles. The lowest BCUT2D eigenvalue weighted by Gasteiger charge is -2.31. The van der Waals surface area contributed by atoms with E-state index in [4.69, 9.17) is 4.74 Å². The van der Waals surface area contributed by atoms with Crippen LogP contribution in [0.4, 0.5) is 19.5 Å². The highest BCUT2D eigenvalue weighted by Gasteiger charge is 2.28. The van der Waals surface area contributed by atoms with Gasteiger partial charge in [0.15, 0.2) is 0 Å². The van der Waals surface area contributed by atoms with Crippen molar-refractivity contribution in [3.8, 4) is 0 Å². The highest BCUT2D eigenvalue weighted by Crippen LogP contribution is 2.34. The van der Waals surface area contributed by atoms with Crippen LogP contribution in [0.5, 0.6) is 0 Å². The number of nitrogens with zero attached hydrogens (tertiary/aromatic N) is 1. The van der Waals surface area contributed by atoms with Gasteiger partial charge in [0.1, 0.15) is 16.6 Å². The number of hydrogen-bond donors (Lipinski definition) is 2. The minimum atomic E-state index is -0.719. The van der Waals surface area contributed by atoms with E-state index in [1.807, 2.05) is 0 Å². The van der Waals surface area contributed by atoms with Crippen LogP contribution in [0.1, 0.15) is 44.5 Å². The Kier molecular flexibility index (Phi) is 6.89. The Labute approximate surface area is 182 Å². The number of ether oxygens (including phenoxy) is 1. The molecule has 3 rings (SSSR count). The van der Waals surface area contributed by atoms with E-state index in [9.17, 15) is 23.2 Å². The number of hydrogen-bond acceptors (Lipinski definition) is 6. The fourth-order valence-electron chi connectivity index (χ4n) is 3.61. The molecular formula is C21H23F2N3O4S. The molecule has 0 radical (unpaired) electrons. The minimum Gasteiger partial charge on any atom is -0.462 e. The van der Waals surface area contributed by atoms with Crippen molar-refractivity contribution in [3.05, 3.63) is 45.3 Å². The van der Waals surface area contributed by atoms with Gasteiger partial charge in [0.05, 0.1) is 29.3 Å². The Hall–Kier alpha value is -3.01. The highest BCUT2D eigenvalue weighted by atomic mass is 32.1. The van der Waals surface area contributed by atoms with Gasteiger partial charge in [-0.3, -0.25) is 9.59 Å². The number of benzene rings is 1. The summed E-state index contributed by atoms with van der Waals surface area (Å²) in [6.45, 7) is 3.64. The van der Waals surface area contributed by atoms with Crippen molar-refractivity contribution < 1.29 is 27.9 Å². The van der Waals surface area contributed by atoms with Gasteiger partial charge in [-0.05, 0) is 43.9 Å². The van der Waals surface area contributed by atoms with Crippen LogP contribution < -0.4 is 15.5 Å². The molecule has 1 aliphatic rings. The predicted molar refractivity (Wildman–Crippen MR) is 114 cm³/mol. The molecule has 0 atom stereocenters. The van der Waals surface area contributed by atoms with Crippen LogP contribution in [0.25, 0.3) is 0 Å². The van der Waals surface area contributed by atoms with E-state index in [1.54, 1.807) is 18.7 Å². The van der Waals surface area contributed by atoms with Gasteiger partial charge in [0.2, 0.25) is 5.91 Å². The topological polar surface area (TPSA) is 87.7 Å². The number of rotatable bonds is 6. The van der Waals surface area contributed by atoms with Crippen molar-refractivity contribution in [1.82, 2.24) is 5.32 Å². The average molecular weight is 451 g/mol. The summed E-state index contributed by atoms with van der Waals surface area (Å²) in [4.78, 5) is 39.2. The number of esters is 1. The van der Waals surface area contributed by atoms with Crippen LogP contribution in [0, 0.1) is 18.6 Å². The quantitative estimate of drug-likeness (QED) is 0.659. The van der Waals surface area contributed by atoms with Gasteiger partial charge in [-0.2, -0.15) is 0 Å². The Morgan fingerprint density at radius 3 is 2.68 bits per heavy atom. The van der Waals surface area contributed by atoms with Gasteiger partial charge < -0.3 is 20.3 Å². The second kappa shape index (κ2) is 9.42.